The van der Waals surface area contributed by atoms with Crippen molar-refractivity contribution in [3.8, 4) is 0 Å². The van der Waals surface area contributed by atoms with Crippen molar-refractivity contribution in [1.29, 1.82) is 0 Å². The van der Waals surface area contributed by atoms with Gasteiger partial charge in [0, 0.05) is 0 Å². The molecule has 18 heavy (non-hydrogen) atoms. The van der Waals surface area contributed by atoms with Gasteiger partial charge in [0.25, 0.3) is 0 Å². The Morgan fingerprint density at radius 2 is 1.28 bits per heavy atom. The molecule has 0 aliphatic heterocycles. The van der Waals surface area contributed by atoms with Gasteiger partial charge in [-0.05, 0) is 0 Å². The lowest BCUT2D eigenvalue weighted by molar-refractivity contribution is -0.910. The first-order valence-corrected chi connectivity index (χ1v) is 5.07. The summed E-state index contributed by atoms with van der Waals surface area (Å²) in [5.74, 6) is -3.01. The number of hydrogen-bond acceptors (Lipinski definition) is 5. The van der Waals surface area contributed by atoms with Crippen molar-refractivity contribution in [3.05, 3.63) is 0 Å². The summed E-state index contributed by atoms with van der Waals surface area (Å²) in [6.07, 6.45) is -5.19. The molecule has 0 spiro atoms. The Morgan fingerprint density at radius 3 is 1.39 bits per heavy atom. The van der Waals surface area contributed by atoms with Crippen LogP contribution in [0.5, 0.6) is 0 Å². The standard InChI is InChI=1S/C7H18NO3.C2HF3O2/c1-8(2-5-9,3-6-10)4-7-11;3-2(4,5)1(6)7/h9-11H,2-7H2,1H3;(H,6,7)/q+1;/p-1. The molecule has 0 saturated carbocycles. The van der Waals surface area contributed by atoms with Crippen LogP contribution in [-0.4, -0.2) is 78.5 Å². The summed E-state index contributed by atoms with van der Waals surface area (Å²) < 4.78 is 32.1. The molecule has 0 aliphatic rings. The van der Waals surface area contributed by atoms with E-state index in [0.29, 0.717) is 24.1 Å². The third-order valence-corrected chi connectivity index (χ3v) is 2.15. The number of quaternary nitrogens is 1. The zero-order valence-electron chi connectivity index (χ0n) is 9.98. The fraction of sp³-hybridized carbons (Fsp3) is 0.889. The van der Waals surface area contributed by atoms with E-state index in [1.54, 1.807) is 0 Å². The van der Waals surface area contributed by atoms with Gasteiger partial charge in [0.2, 0.25) is 0 Å². The highest BCUT2D eigenvalue weighted by Gasteiger charge is 2.28. The maximum Gasteiger partial charge on any atom is 0.430 e. The summed E-state index contributed by atoms with van der Waals surface area (Å²) in [5.41, 5.74) is 0. The van der Waals surface area contributed by atoms with Crippen LogP contribution in [0.1, 0.15) is 0 Å². The number of alkyl halides is 3. The van der Waals surface area contributed by atoms with E-state index in [2.05, 4.69) is 0 Å². The Kier molecular flexibility index (Phi) is 9.81. The van der Waals surface area contributed by atoms with Gasteiger partial charge in [-0.3, -0.25) is 0 Å². The SMILES string of the molecule is C[N+](CCO)(CCO)CCO.O=C([O-])C(F)(F)F. The third kappa shape index (κ3) is 10.3. The second-order valence-electron chi connectivity index (χ2n) is 3.75. The minimum Gasteiger partial charge on any atom is -0.542 e. The van der Waals surface area contributed by atoms with Gasteiger partial charge in [-0.1, -0.05) is 0 Å². The van der Waals surface area contributed by atoms with Gasteiger partial charge in [0.05, 0.1) is 26.9 Å². The van der Waals surface area contributed by atoms with Crippen LogP contribution in [0, 0.1) is 0 Å². The third-order valence-electron chi connectivity index (χ3n) is 2.15. The number of carboxylic acids is 1. The number of aliphatic hydroxyl groups is 3. The number of hydrogen-bond donors (Lipinski definition) is 3. The van der Waals surface area contributed by atoms with Crippen LogP contribution in [0.4, 0.5) is 13.2 Å². The molecular formula is C9H18F3NO5. The van der Waals surface area contributed by atoms with Gasteiger partial charge in [0.1, 0.15) is 25.6 Å². The molecular weight excluding hydrogens is 259 g/mol. The maximum absolute atomic E-state index is 10.5. The first kappa shape index (κ1) is 19.4. The van der Waals surface area contributed by atoms with E-state index in [4.69, 9.17) is 25.2 Å². The van der Waals surface area contributed by atoms with E-state index in [9.17, 15) is 13.2 Å². The van der Waals surface area contributed by atoms with Crippen LogP contribution < -0.4 is 5.11 Å². The number of likely N-dealkylation sites (N-methyl/N-ethyl adjacent to an activating group) is 1. The van der Waals surface area contributed by atoms with Gasteiger partial charge in [-0.2, -0.15) is 13.2 Å². The molecule has 0 unspecified atom stereocenters. The molecule has 0 heterocycles. The number of aliphatic carboxylic acids is 1. The monoisotopic (exact) mass is 277 g/mol. The molecule has 3 N–H and O–H groups in total. The number of carboxylic acid groups (broad SMARTS) is 1. The molecule has 0 aromatic heterocycles. The summed E-state index contributed by atoms with van der Waals surface area (Å²) in [6, 6.07) is 0. The predicted molar refractivity (Wildman–Crippen MR) is 53.1 cm³/mol. The molecule has 9 heteroatoms. The van der Waals surface area contributed by atoms with Crippen LogP contribution >= 0.6 is 0 Å². The average Bonchev–Trinajstić information content (AvgIpc) is 2.17. The fourth-order valence-corrected chi connectivity index (χ4v) is 1.06. The normalized spacial score (nSPS) is 11.7. The molecule has 110 valence electrons. The number of aliphatic hydroxyl groups excluding tert-OH is 3. The first-order valence-electron chi connectivity index (χ1n) is 5.07. The summed E-state index contributed by atoms with van der Waals surface area (Å²) in [6.45, 7) is 2.03. The van der Waals surface area contributed by atoms with Crippen molar-refractivity contribution in [2.75, 3.05) is 46.5 Å². The number of halogens is 3. The lowest BCUT2D eigenvalue weighted by atomic mass is 10.4. The Bertz CT molecular complexity index is 218. The van der Waals surface area contributed by atoms with Crippen molar-refractivity contribution in [3.63, 3.8) is 0 Å². The Labute approximate surface area is 102 Å². The zero-order chi connectivity index (χ0) is 14.8. The quantitative estimate of drug-likeness (QED) is 0.474. The number of carbonyl (C=O) groups excluding carboxylic acids is 1. The van der Waals surface area contributed by atoms with Crippen LogP contribution in [0.2, 0.25) is 0 Å². The van der Waals surface area contributed by atoms with Crippen LogP contribution in [0.3, 0.4) is 0 Å². The summed E-state index contributed by atoms with van der Waals surface area (Å²) in [4.78, 5) is 8.78. The zero-order valence-corrected chi connectivity index (χ0v) is 9.98. The Hall–Kier alpha value is -0.900. The van der Waals surface area contributed by atoms with E-state index >= 15 is 0 Å². The van der Waals surface area contributed by atoms with Gasteiger partial charge in [0.15, 0.2) is 0 Å². The van der Waals surface area contributed by atoms with Gasteiger partial charge in [-0.25, -0.2) is 0 Å². The summed E-state index contributed by atoms with van der Waals surface area (Å²) in [7, 11) is 1.91. The Balaban J connectivity index is 0. The molecule has 0 aliphatic carbocycles. The minimum absolute atomic E-state index is 0.0938. The fourth-order valence-electron chi connectivity index (χ4n) is 1.06. The number of rotatable bonds is 6. The second kappa shape index (κ2) is 9.09. The van der Waals surface area contributed by atoms with Crippen LogP contribution in [0.25, 0.3) is 0 Å². The molecule has 0 aromatic carbocycles. The van der Waals surface area contributed by atoms with E-state index < -0.39 is 12.1 Å². The second-order valence-corrected chi connectivity index (χ2v) is 3.75. The first-order chi connectivity index (χ1) is 8.13. The van der Waals surface area contributed by atoms with Gasteiger partial charge in [-0.15, -0.1) is 0 Å². The minimum atomic E-state index is -5.19. The topological polar surface area (TPSA) is 101 Å². The highest BCUT2D eigenvalue weighted by atomic mass is 19.4. The molecule has 0 amide bonds. The molecule has 0 atom stereocenters. The molecule has 0 radical (unpaired) electrons. The summed E-state index contributed by atoms with van der Waals surface area (Å²) >= 11 is 0. The maximum atomic E-state index is 10.5. The van der Waals surface area contributed by atoms with Crippen molar-refractivity contribution in [1.82, 2.24) is 0 Å². The van der Waals surface area contributed by atoms with Crippen molar-refractivity contribution < 1.29 is 42.9 Å². The van der Waals surface area contributed by atoms with E-state index in [1.807, 2.05) is 7.05 Å². The van der Waals surface area contributed by atoms with Crippen molar-refractivity contribution >= 4 is 5.97 Å². The van der Waals surface area contributed by atoms with Crippen LogP contribution in [-0.2, 0) is 4.79 Å². The lowest BCUT2D eigenvalue weighted by Crippen LogP contribution is -2.49. The predicted octanol–water partition coefficient (Wildman–Crippen LogP) is -2.29. The Morgan fingerprint density at radius 1 is 1.06 bits per heavy atom. The lowest BCUT2D eigenvalue weighted by Gasteiger charge is -2.32. The molecule has 0 saturated heterocycles. The highest BCUT2D eigenvalue weighted by molar-refractivity contribution is 5.70. The largest absolute Gasteiger partial charge is 0.542 e. The van der Waals surface area contributed by atoms with Gasteiger partial charge >= 0.3 is 6.18 Å². The smallest absolute Gasteiger partial charge is 0.430 e. The molecule has 0 aromatic rings. The highest BCUT2D eigenvalue weighted by Crippen LogP contribution is 2.11. The molecule has 0 rings (SSSR count). The molecule has 0 bridgehead atoms. The van der Waals surface area contributed by atoms with E-state index in [1.165, 1.54) is 0 Å². The average molecular weight is 277 g/mol. The number of nitrogens with zero attached hydrogens (tertiary/aromatic N) is 1. The molecule has 6 nitrogen and oxygen atoms in total. The van der Waals surface area contributed by atoms with Crippen molar-refractivity contribution in [2.24, 2.45) is 0 Å². The number of carbonyl (C=O) groups is 1. The van der Waals surface area contributed by atoms with E-state index in [-0.39, 0.29) is 19.8 Å². The van der Waals surface area contributed by atoms with Crippen molar-refractivity contribution in [2.45, 2.75) is 6.18 Å². The molecule has 0 fully saturated rings. The van der Waals surface area contributed by atoms with E-state index in [0.717, 1.165) is 0 Å². The summed E-state index contributed by atoms with van der Waals surface area (Å²) in [5, 5.41) is 34.8. The van der Waals surface area contributed by atoms with Crippen LogP contribution in [0.15, 0.2) is 0 Å². The van der Waals surface area contributed by atoms with Gasteiger partial charge < -0.3 is 29.7 Å².